The molecule has 0 bridgehead atoms. The molecule has 0 saturated heterocycles. The molecular weight excluding hydrogens is 194 g/mol. The normalized spacial score (nSPS) is 20.0. The van der Waals surface area contributed by atoms with Gasteiger partial charge in [-0.15, -0.1) is 0 Å². The van der Waals surface area contributed by atoms with Crippen LogP contribution in [-0.4, -0.2) is 6.54 Å². The summed E-state index contributed by atoms with van der Waals surface area (Å²) in [6.07, 6.45) is 7.13. The Morgan fingerprint density at radius 2 is 1.88 bits per heavy atom. The van der Waals surface area contributed by atoms with E-state index in [2.05, 4.69) is 29.6 Å². The number of benzene rings is 1. The van der Waals surface area contributed by atoms with Gasteiger partial charge >= 0.3 is 0 Å². The van der Waals surface area contributed by atoms with Crippen LogP contribution in [0.15, 0.2) is 24.3 Å². The van der Waals surface area contributed by atoms with Crippen LogP contribution in [0, 0.1) is 5.92 Å². The first kappa shape index (κ1) is 10.3. The fourth-order valence-corrected chi connectivity index (χ4v) is 2.42. The largest absolute Gasteiger partial charge is 0.313 e. The molecule has 2 fully saturated rings. The van der Waals surface area contributed by atoms with E-state index in [1.807, 2.05) is 0 Å². The Morgan fingerprint density at radius 3 is 2.62 bits per heavy atom. The highest BCUT2D eigenvalue weighted by Crippen LogP contribution is 2.41. The zero-order valence-electron chi connectivity index (χ0n) is 9.91. The fourth-order valence-electron chi connectivity index (χ4n) is 2.42. The van der Waals surface area contributed by atoms with E-state index in [0.29, 0.717) is 0 Å². The molecule has 0 aromatic heterocycles. The summed E-state index contributed by atoms with van der Waals surface area (Å²) in [5, 5.41) is 3.60. The first-order chi connectivity index (χ1) is 7.93. The van der Waals surface area contributed by atoms with Crippen LogP contribution >= 0.6 is 0 Å². The molecule has 86 valence electrons. The number of rotatable bonds is 6. The zero-order valence-corrected chi connectivity index (χ0v) is 9.91. The summed E-state index contributed by atoms with van der Waals surface area (Å²) in [7, 11) is 0. The molecule has 0 radical (unpaired) electrons. The molecule has 1 heteroatoms. The molecule has 16 heavy (non-hydrogen) atoms. The molecule has 0 spiro atoms. The smallest absolute Gasteiger partial charge is 0.0208 e. The molecule has 1 N–H and O–H groups in total. The Kier molecular flexibility index (Phi) is 2.96. The van der Waals surface area contributed by atoms with Crippen molar-refractivity contribution >= 4 is 0 Å². The van der Waals surface area contributed by atoms with Gasteiger partial charge in [0.1, 0.15) is 0 Å². The third kappa shape index (κ3) is 2.65. The lowest BCUT2D eigenvalue weighted by Crippen LogP contribution is -2.16. The summed E-state index contributed by atoms with van der Waals surface area (Å²) in [4.78, 5) is 0. The van der Waals surface area contributed by atoms with E-state index in [9.17, 15) is 0 Å². The van der Waals surface area contributed by atoms with Gasteiger partial charge < -0.3 is 5.32 Å². The quantitative estimate of drug-likeness (QED) is 0.717. The maximum atomic E-state index is 3.60. The molecule has 0 heterocycles. The SMILES string of the molecule is c1ccc(C2CC2)c(CNCCC2CC2)c1. The highest BCUT2D eigenvalue weighted by molar-refractivity contribution is 5.33. The third-order valence-electron chi connectivity index (χ3n) is 3.81. The van der Waals surface area contributed by atoms with Gasteiger partial charge in [0.15, 0.2) is 0 Å². The van der Waals surface area contributed by atoms with Crippen LogP contribution in [0.5, 0.6) is 0 Å². The van der Waals surface area contributed by atoms with E-state index >= 15 is 0 Å². The van der Waals surface area contributed by atoms with Crippen molar-refractivity contribution in [1.29, 1.82) is 0 Å². The Morgan fingerprint density at radius 1 is 1.06 bits per heavy atom. The minimum Gasteiger partial charge on any atom is -0.313 e. The van der Waals surface area contributed by atoms with E-state index in [1.165, 1.54) is 44.2 Å². The summed E-state index contributed by atoms with van der Waals surface area (Å²) in [5.41, 5.74) is 3.13. The summed E-state index contributed by atoms with van der Waals surface area (Å²) in [6.45, 7) is 2.27. The van der Waals surface area contributed by atoms with Crippen LogP contribution in [-0.2, 0) is 6.54 Å². The maximum Gasteiger partial charge on any atom is 0.0208 e. The molecule has 0 aliphatic heterocycles. The van der Waals surface area contributed by atoms with Crippen molar-refractivity contribution in [2.75, 3.05) is 6.54 Å². The van der Waals surface area contributed by atoms with Gasteiger partial charge in [0.05, 0.1) is 0 Å². The second-order valence-electron chi connectivity index (χ2n) is 5.38. The van der Waals surface area contributed by atoms with Crippen molar-refractivity contribution in [2.45, 2.75) is 44.6 Å². The predicted octanol–water partition coefficient (Wildman–Crippen LogP) is 3.45. The van der Waals surface area contributed by atoms with Gasteiger partial charge in [-0.25, -0.2) is 0 Å². The van der Waals surface area contributed by atoms with E-state index in [1.54, 1.807) is 5.56 Å². The standard InChI is InChI=1S/C15H21N/c1-2-4-15(13-7-8-13)14(3-1)11-16-10-9-12-5-6-12/h1-4,12-13,16H,5-11H2. The molecule has 3 rings (SSSR count). The average molecular weight is 215 g/mol. The summed E-state index contributed by atoms with van der Waals surface area (Å²) >= 11 is 0. The molecule has 2 saturated carbocycles. The fraction of sp³-hybridized carbons (Fsp3) is 0.600. The lowest BCUT2D eigenvalue weighted by molar-refractivity contribution is 0.611. The minimum atomic E-state index is 0.876. The second kappa shape index (κ2) is 4.58. The molecule has 1 aromatic carbocycles. The predicted molar refractivity (Wildman–Crippen MR) is 67.5 cm³/mol. The zero-order chi connectivity index (χ0) is 10.8. The molecule has 1 aromatic rings. The Balaban J connectivity index is 1.51. The molecule has 2 aliphatic carbocycles. The van der Waals surface area contributed by atoms with E-state index in [4.69, 9.17) is 0 Å². The Hall–Kier alpha value is -0.820. The first-order valence-electron chi connectivity index (χ1n) is 6.72. The second-order valence-corrected chi connectivity index (χ2v) is 5.38. The lowest BCUT2D eigenvalue weighted by Gasteiger charge is -2.09. The maximum absolute atomic E-state index is 3.60. The van der Waals surface area contributed by atoms with E-state index in [-0.39, 0.29) is 0 Å². The monoisotopic (exact) mass is 215 g/mol. The molecule has 0 unspecified atom stereocenters. The molecule has 2 aliphatic rings. The van der Waals surface area contributed by atoms with Crippen molar-refractivity contribution in [2.24, 2.45) is 5.92 Å². The lowest BCUT2D eigenvalue weighted by atomic mass is 10.0. The van der Waals surface area contributed by atoms with Crippen molar-refractivity contribution < 1.29 is 0 Å². The highest BCUT2D eigenvalue weighted by Gasteiger charge is 2.25. The van der Waals surface area contributed by atoms with Crippen molar-refractivity contribution in [3.63, 3.8) is 0 Å². The molecule has 0 amide bonds. The van der Waals surface area contributed by atoms with Crippen LogP contribution in [0.25, 0.3) is 0 Å². The van der Waals surface area contributed by atoms with Gasteiger partial charge in [0.2, 0.25) is 0 Å². The van der Waals surface area contributed by atoms with Crippen LogP contribution in [0.2, 0.25) is 0 Å². The van der Waals surface area contributed by atoms with Gasteiger partial charge in [0.25, 0.3) is 0 Å². The van der Waals surface area contributed by atoms with E-state index in [0.717, 1.165) is 18.4 Å². The number of hydrogen-bond donors (Lipinski definition) is 1. The van der Waals surface area contributed by atoms with Gasteiger partial charge in [-0.05, 0) is 48.8 Å². The number of hydrogen-bond acceptors (Lipinski definition) is 1. The number of nitrogens with one attached hydrogen (secondary N) is 1. The van der Waals surface area contributed by atoms with Gasteiger partial charge in [0, 0.05) is 6.54 Å². The molecular formula is C15H21N. The van der Waals surface area contributed by atoms with Crippen LogP contribution in [0.1, 0.15) is 49.1 Å². The Labute approximate surface area is 98.3 Å². The van der Waals surface area contributed by atoms with Gasteiger partial charge in [-0.1, -0.05) is 37.1 Å². The topological polar surface area (TPSA) is 12.0 Å². The van der Waals surface area contributed by atoms with Crippen molar-refractivity contribution in [3.05, 3.63) is 35.4 Å². The summed E-state index contributed by atoms with van der Waals surface area (Å²) in [6, 6.07) is 8.96. The van der Waals surface area contributed by atoms with Crippen LogP contribution in [0.3, 0.4) is 0 Å². The Bertz CT molecular complexity index is 350. The summed E-state index contributed by atoms with van der Waals surface area (Å²) in [5.74, 6) is 1.92. The van der Waals surface area contributed by atoms with Gasteiger partial charge in [-0.2, -0.15) is 0 Å². The molecule has 0 atom stereocenters. The average Bonchev–Trinajstić information content (AvgIpc) is 3.17. The van der Waals surface area contributed by atoms with Crippen molar-refractivity contribution in [3.8, 4) is 0 Å². The van der Waals surface area contributed by atoms with Crippen LogP contribution in [0.4, 0.5) is 0 Å². The molecule has 1 nitrogen and oxygen atoms in total. The highest BCUT2D eigenvalue weighted by atomic mass is 14.8. The first-order valence-corrected chi connectivity index (χ1v) is 6.72. The van der Waals surface area contributed by atoms with Gasteiger partial charge in [-0.3, -0.25) is 0 Å². The third-order valence-corrected chi connectivity index (χ3v) is 3.81. The van der Waals surface area contributed by atoms with Crippen LogP contribution < -0.4 is 5.32 Å². The van der Waals surface area contributed by atoms with E-state index < -0.39 is 0 Å². The summed E-state index contributed by atoms with van der Waals surface area (Å²) < 4.78 is 0. The minimum absolute atomic E-state index is 0.876. The van der Waals surface area contributed by atoms with Crippen molar-refractivity contribution in [1.82, 2.24) is 5.32 Å².